The van der Waals surface area contributed by atoms with Crippen molar-refractivity contribution in [2.45, 2.75) is 25.9 Å². The molecular weight excluding hydrogens is 350 g/mol. The van der Waals surface area contributed by atoms with Gasteiger partial charge in [-0.25, -0.2) is 4.98 Å². The molecule has 2 aromatic rings. The van der Waals surface area contributed by atoms with Crippen LogP contribution in [0.15, 0.2) is 36.5 Å². The van der Waals surface area contributed by atoms with Crippen molar-refractivity contribution in [3.05, 3.63) is 42.1 Å². The molecule has 1 amide bonds. The van der Waals surface area contributed by atoms with Gasteiger partial charge in [0.2, 0.25) is 5.88 Å². The van der Waals surface area contributed by atoms with Crippen molar-refractivity contribution in [1.82, 2.24) is 14.9 Å². The van der Waals surface area contributed by atoms with Crippen LogP contribution >= 0.6 is 0 Å². The monoisotopic (exact) mass is 371 g/mol. The van der Waals surface area contributed by atoms with Gasteiger partial charge in [0.1, 0.15) is 11.9 Å². The lowest BCUT2D eigenvalue weighted by Crippen LogP contribution is -2.44. The number of nitrogens with zero attached hydrogens (tertiary/aromatic N) is 3. The van der Waals surface area contributed by atoms with E-state index in [1.54, 1.807) is 41.4 Å². The van der Waals surface area contributed by atoms with E-state index in [4.69, 9.17) is 14.2 Å². The molecule has 0 bridgehead atoms. The van der Waals surface area contributed by atoms with E-state index in [0.29, 0.717) is 30.3 Å². The van der Waals surface area contributed by atoms with E-state index in [0.717, 1.165) is 12.8 Å². The van der Waals surface area contributed by atoms with Gasteiger partial charge in [-0.3, -0.25) is 9.59 Å². The van der Waals surface area contributed by atoms with Crippen molar-refractivity contribution in [2.75, 3.05) is 20.2 Å². The number of likely N-dealkylation sites (tertiary alicyclic amines) is 1. The van der Waals surface area contributed by atoms with Crippen LogP contribution in [-0.4, -0.2) is 53.0 Å². The number of piperidine rings is 1. The normalized spacial score (nSPS) is 16.5. The number of aromatic nitrogens is 2. The number of methoxy groups -OCH3 is 1. The molecule has 3 rings (SSSR count). The molecule has 1 aromatic carbocycles. The average Bonchev–Trinajstić information content (AvgIpc) is 2.68. The lowest BCUT2D eigenvalue weighted by Gasteiger charge is -2.32. The molecule has 2 heterocycles. The van der Waals surface area contributed by atoms with E-state index < -0.39 is 5.97 Å². The van der Waals surface area contributed by atoms with E-state index in [1.807, 2.05) is 0 Å². The molecule has 0 saturated carbocycles. The topological polar surface area (TPSA) is 90.9 Å². The Hall–Kier alpha value is -3.16. The summed E-state index contributed by atoms with van der Waals surface area (Å²) in [6, 6.07) is 8.43. The van der Waals surface area contributed by atoms with E-state index in [2.05, 4.69) is 9.97 Å². The first-order chi connectivity index (χ1) is 13.0. The molecular formula is C19H21N3O5. The third-order valence-electron chi connectivity index (χ3n) is 4.11. The number of carbonyl (C=O) groups is 2. The molecule has 142 valence electrons. The molecule has 0 N–H and O–H groups in total. The zero-order chi connectivity index (χ0) is 19.2. The second kappa shape index (κ2) is 8.48. The van der Waals surface area contributed by atoms with Gasteiger partial charge < -0.3 is 19.1 Å². The van der Waals surface area contributed by atoms with Crippen molar-refractivity contribution >= 4 is 11.9 Å². The van der Waals surface area contributed by atoms with Crippen LogP contribution in [0.3, 0.4) is 0 Å². The summed E-state index contributed by atoms with van der Waals surface area (Å²) in [6.07, 6.45) is 3.09. The predicted molar refractivity (Wildman–Crippen MR) is 95.9 cm³/mol. The van der Waals surface area contributed by atoms with Crippen molar-refractivity contribution in [3.8, 4) is 17.6 Å². The Morgan fingerprint density at radius 3 is 2.67 bits per heavy atom. The molecule has 1 atom stereocenters. The number of amides is 1. The summed E-state index contributed by atoms with van der Waals surface area (Å²) in [6.45, 7) is 2.47. The van der Waals surface area contributed by atoms with Crippen molar-refractivity contribution in [2.24, 2.45) is 0 Å². The van der Waals surface area contributed by atoms with E-state index >= 15 is 0 Å². The quantitative estimate of drug-likeness (QED) is 0.587. The Bertz CT molecular complexity index is 809. The standard InChI is InChI=1S/C19H21N3O5/c1-13(23)26-15-7-5-14(6-8-15)18(24)22-11-3-4-16(12-22)27-17-9-10-20-19(21-17)25-2/h5-10,16H,3-4,11-12H2,1-2H3. The van der Waals surface area contributed by atoms with Gasteiger partial charge in [0, 0.05) is 31.3 Å². The molecule has 1 aromatic heterocycles. The third kappa shape index (κ3) is 4.93. The number of ether oxygens (including phenoxy) is 3. The number of hydrogen-bond donors (Lipinski definition) is 0. The summed E-state index contributed by atoms with van der Waals surface area (Å²) < 4.78 is 15.9. The Balaban J connectivity index is 1.62. The summed E-state index contributed by atoms with van der Waals surface area (Å²) in [4.78, 5) is 33.6. The number of rotatable bonds is 5. The number of hydrogen-bond acceptors (Lipinski definition) is 7. The molecule has 1 aliphatic rings. The van der Waals surface area contributed by atoms with Gasteiger partial charge in [0.15, 0.2) is 0 Å². The molecule has 8 heteroatoms. The first-order valence-electron chi connectivity index (χ1n) is 8.66. The van der Waals surface area contributed by atoms with Gasteiger partial charge in [-0.1, -0.05) is 0 Å². The molecule has 1 unspecified atom stereocenters. The molecule has 27 heavy (non-hydrogen) atoms. The molecule has 0 aliphatic carbocycles. The largest absolute Gasteiger partial charge is 0.472 e. The SMILES string of the molecule is COc1nccc(OC2CCCN(C(=O)c3ccc(OC(C)=O)cc3)C2)n1. The molecule has 1 saturated heterocycles. The maximum atomic E-state index is 12.7. The first kappa shape index (κ1) is 18.6. The van der Waals surface area contributed by atoms with Crippen LogP contribution in [0, 0.1) is 0 Å². The maximum Gasteiger partial charge on any atom is 0.319 e. The second-order valence-electron chi connectivity index (χ2n) is 6.13. The minimum Gasteiger partial charge on any atom is -0.472 e. The van der Waals surface area contributed by atoms with Crippen molar-refractivity contribution in [3.63, 3.8) is 0 Å². The van der Waals surface area contributed by atoms with Crippen LogP contribution < -0.4 is 14.2 Å². The molecule has 1 fully saturated rings. The van der Waals surface area contributed by atoms with Gasteiger partial charge in [0.05, 0.1) is 13.7 Å². The number of benzene rings is 1. The van der Waals surface area contributed by atoms with Crippen LogP contribution in [0.4, 0.5) is 0 Å². The molecule has 1 aliphatic heterocycles. The number of carbonyl (C=O) groups excluding carboxylic acids is 2. The van der Waals surface area contributed by atoms with Gasteiger partial charge in [0.25, 0.3) is 5.91 Å². The maximum absolute atomic E-state index is 12.7. The van der Waals surface area contributed by atoms with Gasteiger partial charge in [-0.2, -0.15) is 4.98 Å². The third-order valence-corrected chi connectivity index (χ3v) is 4.11. The summed E-state index contributed by atoms with van der Waals surface area (Å²) >= 11 is 0. The highest BCUT2D eigenvalue weighted by Crippen LogP contribution is 2.20. The summed E-state index contributed by atoms with van der Waals surface area (Å²) in [5, 5.41) is 0. The minimum atomic E-state index is -0.397. The Kier molecular flexibility index (Phi) is 5.85. The zero-order valence-electron chi connectivity index (χ0n) is 15.3. The fourth-order valence-electron chi connectivity index (χ4n) is 2.89. The highest BCUT2D eigenvalue weighted by Gasteiger charge is 2.26. The average molecular weight is 371 g/mol. The van der Waals surface area contributed by atoms with Crippen molar-refractivity contribution in [1.29, 1.82) is 0 Å². The van der Waals surface area contributed by atoms with E-state index in [-0.39, 0.29) is 18.0 Å². The minimum absolute atomic E-state index is 0.0852. The predicted octanol–water partition coefficient (Wildman–Crippen LogP) is 2.09. The lowest BCUT2D eigenvalue weighted by molar-refractivity contribution is -0.131. The molecule has 8 nitrogen and oxygen atoms in total. The fraction of sp³-hybridized carbons (Fsp3) is 0.368. The highest BCUT2D eigenvalue weighted by atomic mass is 16.5. The number of esters is 1. The van der Waals surface area contributed by atoms with Crippen LogP contribution in [0.2, 0.25) is 0 Å². The zero-order valence-corrected chi connectivity index (χ0v) is 15.3. The molecule has 0 spiro atoms. The summed E-state index contributed by atoms with van der Waals surface area (Å²) in [7, 11) is 1.49. The van der Waals surface area contributed by atoms with Gasteiger partial charge in [-0.15, -0.1) is 0 Å². The summed E-state index contributed by atoms with van der Waals surface area (Å²) in [5.41, 5.74) is 0.537. The fourth-order valence-corrected chi connectivity index (χ4v) is 2.89. The Morgan fingerprint density at radius 2 is 1.96 bits per heavy atom. The Labute approximate surface area is 157 Å². The molecule has 0 radical (unpaired) electrons. The lowest BCUT2D eigenvalue weighted by atomic mass is 10.1. The van der Waals surface area contributed by atoms with Crippen LogP contribution in [0.5, 0.6) is 17.6 Å². The summed E-state index contributed by atoms with van der Waals surface area (Å²) in [5.74, 6) is 0.355. The Morgan fingerprint density at radius 1 is 1.19 bits per heavy atom. The smallest absolute Gasteiger partial charge is 0.319 e. The highest BCUT2D eigenvalue weighted by molar-refractivity contribution is 5.94. The van der Waals surface area contributed by atoms with Crippen LogP contribution in [0.1, 0.15) is 30.1 Å². The second-order valence-corrected chi connectivity index (χ2v) is 6.13. The van der Waals surface area contributed by atoms with Gasteiger partial charge >= 0.3 is 12.0 Å². The van der Waals surface area contributed by atoms with E-state index in [1.165, 1.54) is 14.0 Å². The first-order valence-corrected chi connectivity index (χ1v) is 8.66. The van der Waals surface area contributed by atoms with Gasteiger partial charge in [-0.05, 0) is 37.1 Å². The van der Waals surface area contributed by atoms with Crippen molar-refractivity contribution < 1.29 is 23.8 Å². The van der Waals surface area contributed by atoms with Crippen LogP contribution in [0.25, 0.3) is 0 Å². The van der Waals surface area contributed by atoms with Crippen LogP contribution in [-0.2, 0) is 4.79 Å². The van der Waals surface area contributed by atoms with E-state index in [9.17, 15) is 9.59 Å².